The van der Waals surface area contributed by atoms with Crippen LogP contribution in [-0.4, -0.2) is 43.5 Å². The molecule has 1 atom stereocenters. The van der Waals surface area contributed by atoms with Crippen molar-refractivity contribution in [3.8, 4) is 0 Å². The van der Waals surface area contributed by atoms with Gasteiger partial charge in [-0.3, -0.25) is 4.79 Å². The fourth-order valence-electron chi connectivity index (χ4n) is 2.77. The number of para-hydroxylation sites is 1. The van der Waals surface area contributed by atoms with Gasteiger partial charge in [0.05, 0.1) is 11.3 Å². The van der Waals surface area contributed by atoms with E-state index >= 15 is 0 Å². The Morgan fingerprint density at radius 3 is 2.90 bits per heavy atom. The summed E-state index contributed by atoms with van der Waals surface area (Å²) in [5, 5.41) is 5.86. The van der Waals surface area contributed by atoms with Crippen molar-refractivity contribution in [1.82, 2.24) is 10.2 Å². The fraction of sp³-hybridized carbons (Fsp3) is 0.562. The van der Waals surface area contributed by atoms with Gasteiger partial charge in [-0.05, 0) is 44.5 Å². The minimum atomic E-state index is -0.387. The number of rotatable bonds is 6. The highest BCUT2D eigenvalue weighted by Gasteiger charge is 2.22. The van der Waals surface area contributed by atoms with E-state index in [0.717, 1.165) is 26.1 Å². The first kappa shape index (κ1) is 15.8. The molecule has 0 radical (unpaired) electrons. The number of hydrogen-bond donors (Lipinski definition) is 2. The molecule has 0 bridgehead atoms. The zero-order valence-electron chi connectivity index (χ0n) is 12.8. The van der Waals surface area contributed by atoms with E-state index in [-0.39, 0.29) is 11.7 Å². The number of likely N-dealkylation sites (tertiary alicyclic amines) is 1. The van der Waals surface area contributed by atoms with Crippen LogP contribution in [-0.2, 0) is 0 Å². The standard InChI is InChI=1S/C16H24FN3O/c1-3-18-15-13(6-5-7-14(15)17)16(21)19-10-12-8-9-20(4-2)11-12/h5-7,12,18H,3-4,8-11H2,1-2H3,(H,19,21). The Kier molecular flexibility index (Phi) is 5.56. The van der Waals surface area contributed by atoms with E-state index in [1.807, 2.05) is 6.92 Å². The molecule has 116 valence electrons. The molecule has 1 aliphatic rings. The Bertz CT molecular complexity index is 492. The molecule has 4 nitrogen and oxygen atoms in total. The summed E-state index contributed by atoms with van der Waals surface area (Å²) >= 11 is 0. The predicted molar refractivity (Wildman–Crippen MR) is 83.1 cm³/mol. The normalized spacial score (nSPS) is 18.7. The molecule has 1 saturated heterocycles. The van der Waals surface area contributed by atoms with Crippen LogP contribution in [0.4, 0.5) is 10.1 Å². The van der Waals surface area contributed by atoms with E-state index in [2.05, 4.69) is 22.5 Å². The van der Waals surface area contributed by atoms with Crippen molar-refractivity contribution in [1.29, 1.82) is 0 Å². The molecule has 0 spiro atoms. The van der Waals surface area contributed by atoms with Crippen LogP contribution >= 0.6 is 0 Å². The Morgan fingerprint density at radius 1 is 1.43 bits per heavy atom. The molecule has 1 heterocycles. The molecule has 1 aromatic carbocycles. The van der Waals surface area contributed by atoms with Crippen molar-refractivity contribution in [2.75, 3.05) is 38.0 Å². The monoisotopic (exact) mass is 293 g/mol. The lowest BCUT2D eigenvalue weighted by atomic mass is 10.1. The summed E-state index contributed by atoms with van der Waals surface area (Å²) < 4.78 is 13.8. The smallest absolute Gasteiger partial charge is 0.253 e. The van der Waals surface area contributed by atoms with Crippen molar-refractivity contribution >= 4 is 11.6 Å². The van der Waals surface area contributed by atoms with Gasteiger partial charge in [-0.15, -0.1) is 0 Å². The van der Waals surface area contributed by atoms with Crippen LogP contribution in [0.15, 0.2) is 18.2 Å². The Labute approximate surface area is 125 Å². The lowest BCUT2D eigenvalue weighted by molar-refractivity contribution is 0.0948. The number of halogens is 1. The van der Waals surface area contributed by atoms with Crippen LogP contribution in [0.1, 0.15) is 30.6 Å². The zero-order chi connectivity index (χ0) is 15.2. The molecule has 21 heavy (non-hydrogen) atoms. The average Bonchev–Trinajstić information content (AvgIpc) is 2.95. The third kappa shape index (κ3) is 3.94. The molecule has 1 aliphatic heterocycles. The molecule has 0 saturated carbocycles. The van der Waals surface area contributed by atoms with Gasteiger partial charge >= 0.3 is 0 Å². The van der Waals surface area contributed by atoms with Gasteiger partial charge in [0, 0.05) is 19.6 Å². The number of anilines is 1. The van der Waals surface area contributed by atoms with Crippen LogP contribution < -0.4 is 10.6 Å². The van der Waals surface area contributed by atoms with Crippen molar-refractivity contribution in [2.24, 2.45) is 5.92 Å². The second kappa shape index (κ2) is 7.41. The minimum absolute atomic E-state index is 0.208. The summed E-state index contributed by atoms with van der Waals surface area (Å²) in [6.45, 7) is 8.44. The van der Waals surface area contributed by atoms with E-state index in [4.69, 9.17) is 0 Å². The Balaban J connectivity index is 1.96. The van der Waals surface area contributed by atoms with Crippen LogP contribution in [0, 0.1) is 11.7 Å². The number of carbonyl (C=O) groups excluding carboxylic acids is 1. The highest BCUT2D eigenvalue weighted by Crippen LogP contribution is 2.20. The highest BCUT2D eigenvalue weighted by atomic mass is 19.1. The number of amides is 1. The number of carbonyl (C=O) groups is 1. The second-order valence-electron chi connectivity index (χ2n) is 5.45. The molecule has 1 aromatic rings. The van der Waals surface area contributed by atoms with Crippen molar-refractivity contribution in [3.05, 3.63) is 29.6 Å². The Hall–Kier alpha value is -1.62. The summed E-state index contributed by atoms with van der Waals surface area (Å²) in [5.74, 6) is -0.104. The summed E-state index contributed by atoms with van der Waals surface area (Å²) in [7, 11) is 0. The van der Waals surface area contributed by atoms with E-state index in [9.17, 15) is 9.18 Å². The van der Waals surface area contributed by atoms with Gasteiger partial charge in [-0.25, -0.2) is 4.39 Å². The molecule has 0 aliphatic carbocycles. The quantitative estimate of drug-likeness (QED) is 0.846. The SMILES string of the molecule is CCNc1c(F)cccc1C(=O)NCC1CCN(CC)C1. The van der Waals surface area contributed by atoms with Gasteiger partial charge in [0.15, 0.2) is 0 Å². The van der Waals surface area contributed by atoms with Crippen molar-refractivity contribution in [2.45, 2.75) is 20.3 Å². The van der Waals surface area contributed by atoms with Crippen LogP contribution in [0.5, 0.6) is 0 Å². The summed E-state index contributed by atoms with van der Waals surface area (Å²) in [6.07, 6.45) is 1.11. The van der Waals surface area contributed by atoms with Gasteiger partial charge in [0.1, 0.15) is 5.82 Å². The van der Waals surface area contributed by atoms with Crippen molar-refractivity contribution in [3.63, 3.8) is 0 Å². The molecule has 1 amide bonds. The van der Waals surface area contributed by atoms with Crippen LogP contribution in [0.2, 0.25) is 0 Å². The van der Waals surface area contributed by atoms with E-state index in [1.54, 1.807) is 12.1 Å². The maximum absolute atomic E-state index is 13.8. The number of nitrogens with zero attached hydrogens (tertiary/aromatic N) is 1. The molecule has 2 N–H and O–H groups in total. The van der Waals surface area contributed by atoms with Crippen LogP contribution in [0.25, 0.3) is 0 Å². The maximum Gasteiger partial charge on any atom is 0.253 e. The molecule has 1 unspecified atom stereocenters. The molecular formula is C16H24FN3O. The highest BCUT2D eigenvalue weighted by molar-refractivity contribution is 5.99. The van der Waals surface area contributed by atoms with Crippen molar-refractivity contribution < 1.29 is 9.18 Å². The Morgan fingerprint density at radius 2 is 2.24 bits per heavy atom. The van der Waals surface area contributed by atoms with Gasteiger partial charge in [0.2, 0.25) is 0 Å². The third-order valence-electron chi connectivity index (χ3n) is 3.98. The summed E-state index contributed by atoms with van der Waals surface area (Å²) in [6, 6.07) is 4.59. The first-order chi connectivity index (χ1) is 10.2. The van der Waals surface area contributed by atoms with Gasteiger partial charge in [-0.1, -0.05) is 13.0 Å². The van der Waals surface area contributed by atoms with E-state index in [1.165, 1.54) is 6.07 Å². The first-order valence-corrected chi connectivity index (χ1v) is 7.68. The largest absolute Gasteiger partial charge is 0.382 e. The summed E-state index contributed by atoms with van der Waals surface area (Å²) in [5.41, 5.74) is 0.668. The second-order valence-corrected chi connectivity index (χ2v) is 5.45. The zero-order valence-corrected chi connectivity index (χ0v) is 12.8. The van der Waals surface area contributed by atoms with E-state index in [0.29, 0.717) is 30.3 Å². The maximum atomic E-state index is 13.8. The lowest BCUT2D eigenvalue weighted by Crippen LogP contribution is -2.31. The predicted octanol–water partition coefficient (Wildman–Crippen LogP) is 2.33. The lowest BCUT2D eigenvalue weighted by Gasteiger charge is -2.15. The van der Waals surface area contributed by atoms with E-state index < -0.39 is 0 Å². The summed E-state index contributed by atoms with van der Waals surface area (Å²) in [4.78, 5) is 14.6. The van der Waals surface area contributed by atoms with Gasteiger partial charge in [0.25, 0.3) is 5.91 Å². The van der Waals surface area contributed by atoms with Crippen LogP contribution in [0.3, 0.4) is 0 Å². The molecular weight excluding hydrogens is 269 g/mol. The fourth-order valence-corrected chi connectivity index (χ4v) is 2.77. The minimum Gasteiger partial charge on any atom is -0.382 e. The van der Waals surface area contributed by atoms with Gasteiger partial charge < -0.3 is 15.5 Å². The molecule has 1 fully saturated rings. The number of hydrogen-bond acceptors (Lipinski definition) is 3. The number of benzene rings is 1. The molecule has 5 heteroatoms. The molecule has 0 aromatic heterocycles. The van der Waals surface area contributed by atoms with Gasteiger partial charge in [-0.2, -0.15) is 0 Å². The topological polar surface area (TPSA) is 44.4 Å². The molecule has 2 rings (SSSR count). The third-order valence-corrected chi connectivity index (χ3v) is 3.98. The average molecular weight is 293 g/mol. The first-order valence-electron chi connectivity index (χ1n) is 7.68. The number of nitrogens with one attached hydrogen (secondary N) is 2.